The second kappa shape index (κ2) is 4.20. The van der Waals surface area contributed by atoms with E-state index < -0.39 is 0 Å². The third-order valence-electron chi connectivity index (χ3n) is 2.90. The lowest BCUT2D eigenvalue weighted by molar-refractivity contribution is -0.119. The highest BCUT2D eigenvalue weighted by atomic mass is 16.2. The van der Waals surface area contributed by atoms with Gasteiger partial charge in [-0.3, -0.25) is 9.59 Å². The van der Waals surface area contributed by atoms with Gasteiger partial charge in [-0.05, 0) is 26.0 Å². The number of likely N-dealkylation sites (N-methyl/N-ethyl adjacent to an activating group) is 1. The Labute approximate surface area is 101 Å². The Morgan fingerprint density at radius 1 is 1.18 bits per heavy atom. The van der Waals surface area contributed by atoms with Gasteiger partial charge in [-0.25, -0.2) is 0 Å². The number of benzene rings is 1. The number of fused-ring (bicyclic) bond motifs is 1. The van der Waals surface area contributed by atoms with E-state index in [2.05, 4.69) is 0 Å². The summed E-state index contributed by atoms with van der Waals surface area (Å²) in [6, 6.07) is 7.30. The average Bonchev–Trinajstić information content (AvgIpc) is 2.36. The van der Waals surface area contributed by atoms with Crippen molar-refractivity contribution in [1.82, 2.24) is 4.90 Å². The van der Waals surface area contributed by atoms with Gasteiger partial charge in [0, 0.05) is 13.1 Å². The van der Waals surface area contributed by atoms with Gasteiger partial charge in [0.25, 0.3) is 5.91 Å². The largest absolute Gasteiger partial charge is 0.332 e. The molecule has 0 bridgehead atoms. The number of anilines is 1. The molecule has 0 radical (unpaired) electrons. The van der Waals surface area contributed by atoms with Crippen LogP contribution in [0.25, 0.3) is 0 Å². The summed E-state index contributed by atoms with van der Waals surface area (Å²) in [7, 11) is 1.65. The Morgan fingerprint density at radius 3 is 2.47 bits per heavy atom. The maximum absolute atomic E-state index is 12.1. The minimum atomic E-state index is -0.0999. The van der Waals surface area contributed by atoms with Crippen molar-refractivity contribution in [2.24, 2.45) is 0 Å². The summed E-state index contributed by atoms with van der Waals surface area (Å²) in [4.78, 5) is 27.4. The molecule has 0 unspecified atom stereocenters. The van der Waals surface area contributed by atoms with Crippen LogP contribution >= 0.6 is 0 Å². The smallest absolute Gasteiger partial charge is 0.256 e. The zero-order chi connectivity index (χ0) is 12.6. The van der Waals surface area contributed by atoms with Crippen molar-refractivity contribution in [2.75, 3.05) is 18.5 Å². The standard InChI is InChI=1S/C13H16N2O2/c1-9(2)15-11-7-5-4-6-10(11)13(17)14(3)8-12(15)16/h4-7,9H,8H2,1-3H3. The number of hydrogen-bond acceptors (Lipinski definition) is 2. The molecule has 17 heavy (non-hydrogen) atoms. The molecule has 1 aliphatic rings. The lowest BCUT2D eigenvalue weighted by atomic mass is 10.1. The Morgan fingerprint density at radius 2 is 1.82 bits per heavy atom. The van der Waals surface area contributed by atoms with E-state index in [-0.39, 0.29) is 24.4 Å². The van der Waals surface area contributed by atoms with Gasteiger partial charge in [-0.1, -0.05) is 12.1 Å². The number of carbonyl (C=O) groups is 2. The normalized spacial score (nSPS) is 16.2. The van der Waals surface area contributed by atoms with Gasteiger partial charge >= 0.3 is 0 Å². The number of carbonyl (C=O) groups excluding carboxylic acids is 2. The van der Waals surface area contributed by atoms with Crippen molar-refractivity contribution in [3.8, 4) is 0 Å². The molecule has 4 heteroatoms. The first-order valence-electron chi connectivity index (χ1n) is 5.69. The summed E-state index contributed by atoms with van der Waals surface area (Å²) in [5.41, 5.74) is 1.30. The van der Waals surface area contributed by atoms with Crippen LogP contribution in [0.2, 0.25) is 0 Å². The fourth-order valence-electron chi connectivity index (χ4n) is 2.12. The Balaban J connectivity index is 2.60. The van der Waals surface area contributed by atoms with E-state index in [9.17, 15) is 9.59 Å². The molecule has 2 amide bonds. The average molecular weight is 232 g/mol. The van der Waals surface area contributed by atoms with E-state index in [1.807, 2.05) is 32.0 Å². The van der Waals surface area contributed by atoms with Crippen molar-refractivity contribution >= 4 is 17.5 Å². The third-order valence-corrected chi connectivity index (χ3v) is 2.90. The Kier molecular flexibility index (Phi) is 2.88. The van der Waals surface area contributed by atoms with Gasteiger partial charge < -0.3 is 9.80 Å². The second-order valence-electron chi connectivity index (χ2n) is 4.54. The first-order valence-corrected chi connectivity index (χ1v) is 5.69. The molecular weight excluding hydrogens is 216 g/mol. The second-order valence-corrected chi connectivity index (χ2v) is 4.54. The highest BCUT2D eigenvalue weighted by Gasteiger charge is 2.30. The Bertz CT molecular complexity index is 468. The van der Waals surface area contributed by atoms with Crippen molar-refractivity contribution in [3.05, 3.63) is 29.8 Å². The predicted octanol–water partition coefficient (Wildman–Crippen LogP) is 1.51. The van der Waals surface area contributed by atoms with E-state index in [1.165, 1.54) is 4.90 Å². The van der Waals surface area contributed by atoms with Crippen LogP contribution in [0.3, 0.4) is 0 Å². The Hall–Kier alpha value is -1.84. The molecule has 0 saturated carbocycles. The van der Waals surface area contributed by atoms with Crippen molar-refractivity contribution in [2.45, 2.75) is 19.9 Å². The van der Waals surface area contributed by atoms with Gasteiger partial charge in [-0.15, -0.1) is 0 Å². The van der Waals surface area contributed by atoms with Crippen LogP contribution in [-0.4, -0.2) is 36.3 Å². The van der Waals surface area contributed by atoms with Crippen LogP contribution in [0.1, 0.15) is 24.2 Å². The van der Waals surface area contributed by atoms with Gasteiger partial charge in [0.05, 0.1) is 11.3 Å². The van der Waals surface area contributed by atoms with Crippen LogP contribution < -0.4 is 4.90 Å². The monoisotopic (exact) mass is 232 g/mol. The SMILES string of the molecule is CC(C)N1C(=O)CN(C)C(=O)c2ccccc21. The van der Waals surface area contributed by atoms with Crippen LogP contribution in [0.15, 0.2) is 24.3 Å². The molecule has 0 atom stereocenters. The molecule has 90 valence electrons. The molecule has 0 spiro atoms. The molecule has 0 aliphatic carbocycles. The lowest BCUT2D eigenvalue weighted by Crippen LogP contribution is -2.41. The maximum atomic E-state index is 12.1. The van der Waals surface area contributed by atoms with Gasteiger partial charge in [0.2, 0.25) is 5.91 Å². The van der Waals surface area contributed by atoms with Crippen LogP contribution in [0.4, 0.5) is 5.69 Å². The summed E-state index contributed by atoms with van der Waals surface area (Å²) in [5, 5.41) is 0. The zero-order valence-corrected chi connectivity index (χ0v) is 10.3. The molecule has 0 fully saturated rings. The summed E-state index contributed by atoms with van der Waals surface area (Å²) in [5.74, 6) is -0.141. The molecule has 1 aromatic carbocycles. The molecule has 0 N–H and O–H groups in total. The van der Waals surface area contributed by atoms with Gasteiger partial charge in [0.1, 0.15) is 6.54 Å². The highest BCUT2D eigenvalue weighted by molar-refractivity contribution is 6.09. The zero-order valence-electron chi connectivity index (χ0n) is 10.3. The predicted molar refractivity (Wildman–Crippen MR) is 66.0 cm³/mol. The first-order chi connectivity index (χ1) is 8.02. The molecule has 2 rings (SSSR count). The third kappa shape index (κ3) is 1.90. The number of amides is 2. The maximum Gasteiger partial charge on any atom is 0.256 e. The summed E-state index contributed by atoms with van der Waals surface area (Å²) < 4.78 is 0. The number of nitrogens with zero attached hydrogens (tertiary/aromatic N) is 2. The quantitative estimate of drug-likeness (QED) is 0.736. The van der Waals surface area contributed by atoms with Crippen molar-refractivity contribution < 1.29 is 9.59 Å². The molecule has 1 heterocycles. The van der Waals surface area contributed by atoms with E-state index >= 15 is 0 Å². The minimum Gasteiger partial charge on any atom is -0.332 e. The van der Waals surface area contributed by atoms with E-state index in [0.717, 1.165) is 0 Å². The van der Waals surface area contributed by atoms with E-state index in [4.69, 9.17) is 0 Å². The lowest BCUT2D eigenvalue weighted by Gasteiger charge is -2.26. The summed E-state index contributed by atoms with van der Waals surface area (Å²) in [6.45, 7) is 4.03. The topological polar surface area (TPSA) is 40.6 Å². The van der Waals surface area contributed by atoms with Crippen molar-refractivity contribution in [1.29, 1.82) is 0 Å². The molecule has 1 aliphatic heterocycles. The molecule has 1 aromatic rings. The number of hydrogen-bond donors (Lipinski definition) is 0. The van der Waals surface area contributed by atoms with E-state index in [0.29, 0.717) is 11.3 Å². The van der Waals surface area contributed by atoms with Crippen LogP contribution in [0.5, 0.6) is 0 Å². The van der Waals surface area contributed by atoms with Crippen molar-refractivity contribution in [3.63, 3.8) is 0 Å². The minimum absolute atomic E-state index is 0.0409. The van der Waals surface area contributed by atoms with Crippen LogP contribution in [-0.2, 0) is 4.79 Å². The number of rotatable bonds is 1. The number of para-hydroxylation sites is 1. The molecule has 4 nitrogen and oxygen atoms in total. The fraction of sp³-hybridized carbons (Fsp3) is 0.385. The highest BCUT2D eigenvalue weighted by Crippen LogP contribution is 2.26. The summed E-state index contributed by atoms with van der Waals surface area (Å²) in [6.07, 6.45) is 0. The first kappa shape index (κ1) is 11.6. The molecule has 0 saturated heterocycles. The molecular formula is C13H16N2O2. The molecule has 0 aromatic heterocycles. The van der Waals surface area contributed by atoms with Gasteiger partial charge in [0.15, 0.2) is 0 Å². The van der Waals surface area contributed by atoms with Crippen LogP contribution in [0, 0.1) is 0 Å². The van der Waals surface area contributed by atoms with E-state index in [1.54, 1.807) is 18.0 Å². The van der Waals surface area contributed by atoms with Gasteiger partial charge in [-0.2, -0.15) is 0 Å². The summed E-state index contributed by atoms with van der Waals surface area (Å²) >= 11 is 0. The fourth-order valence-corrected chi connectivity index (χ4v) is 2.12.